The van der Waals surface area contributed by atoms with E-state index in [-0.39, 0.29) is 11.3 Å². The van der Waals surface area contributed by atoms with Crippen molar-refractivity contribution >= 4 is 23.7 Å². The van der Waals surface area contributed by atoms with Gasteiger partial charge in [0.15, 0.2) is 12.0 Å². The number of Topliss-reactive ketones (excluding diaryl/α,β-unsaturated/α-hetero) is 1. The van der Waals surface area contributed by atoms with Gasteiger partial charge in [0.05, 0.1) is 11.6 Å². The molecular formula is C25H28N2O6. The van der Waals surface area contributed by atoms with Crippen LogP contribution in [0.2, 0.25) is 0 Å². The Morgan fingerprint density at radius 1 is 1.12 bits per heavy atom. The Hall–Kier alpha value is -3.68. The first-order chi connectivity index (χ1) is 15.6. The lowest BCUT2D eigenvalue weighted by atomic mass is 9.80. The Morgan fingerprint density at radius 2 is 1.79 bits per heavy atom. The molecule has 1 saturated heterocycles. The van der Waals surface area contributed by atoms with E-state index in [1.165, 1.54) is 24.3 Å². The normalized spacial score (nSPS) is 17.6. The molecule has 3 amide bonds. The Balaban J connectivity index is 1.77. The molecule has 2 atom stereocenters. The number of nitrogens with zero attached hydrogens (tertiary/aromatic N) is 1. The van der Waals surface area contributed by atoms with Gasteiger partial charge in [0.25, 0.3) is 0 Å². The van der Waals surface area contributed by atoms with Crippen LogP contribution in [0.25, 0.3) is 0 Å². The molecular weight excluding hydrogens is 424 g/mol. The zero-order valence-corrected chi connectivity index (χ0v) is 19.1. The molecule has 1 aliphatic rings. The number of nitrogens with one attached hydrogen (secondary N) is 1. The van der Waals surface area contributed by atoms with Crippen LogP contribution in [-0.4, -0.2) is 46.0 Å². The summed E-state index contributed by atoms with van der Waals surface area (Å²) in [5.74, 6) is -1.39. The fourth-order valence-corrected chi connectivity index (χ4v) is 3.76. The summed E-state index contributed by atoms with van der Waals surface area (Å²) >= 11 is 0. The van der Waals surface area contributed by atoms with E-state index >= 15 is 0 Å². The average Bonchev–Trinajstić information content (AvgIpc) is 2.78. The zero-order chi connectivity index (χ0) is 24.3. The Morgan fingerprint density at radius 3 is 2.36 bits per heavy atom. The average molecular weight is 453 g/mol. The predicted octanol–water partition coefficient (Wildman–Crippen LogP) is 4.03. The number of benzene rings is 2. The third kappa shape index (κ3) is 4.89. The van der Waals surface area contributed by atoms with Crippen LogP contribution in [-0.2, 0) is 4.79 Å². The number of urea groups is 1. The minimum absolute atomic E-state index is 0.0953. The third-order valence-electron chi connectivity index (χ3n) is 5.68. The van der Waals surface area contributed by atoms with E-state index in [4.69, 9.17) is 9.84 Å². The number of amides is 3. The SMILES string of the molecule is CCCC(NC(=O)N1C(=O)C(C)(C)C1Oc1ccc(C(=O)O)cc1)C(=O)c1cccc(C)c1. The summed E-state index contributed by atoms with van der Waals surface area (Å²) in [7, 11) is 0. The van der Waals surface area contributed by atoms with Gasteiger partial charge >= 0.3 is 12.0 Å². The van der Waals surface area contributed by atoms with Crippen molar-refractivity contribution in [3.8, 4) is 5.75 Å². The lowest BCUT2D eigenvalue weighted by Crippen LogP contribution is -2.72. The number of rotatable bonds is 8. The first-order valence-corrected chi connectivity index (χ1v) is 10.8. The van der Waals surface area contributed by atoms with Gasteiger partial charge in [-0.25, -0.2) is 14.5 Å². The number of hydrogen-bond donors (Lipinski definition) is 2. The summed E-state index contributed by atoms with van der Waals surface area (Å²) in [5, 5.41) is 11.7. The van der Waals surface area contributed by atoms with Crippen LogP contribution in [0.5, 0.6) is 5.75 Å². The second kappa shape index (κ2) is 9.44. The Labute approximate surface area is 192 Å². The van der Waals surface area contributed by atoms with E-state index in [9.17, 15) is 19.2 Å². The molecule has 1 aliphatic heterocycles. The molecule has 2 aromatic carbocycles. The smallest absolute Gasteiger partial charge is 0.335 e. The van der Waals surface area contributed by atoms with Crippen LogP contribution in [0.15, 0.2) is 48.5 Å². The predicted molar refractivity (Wildman–Crippen MR) is 121 cm³/mol. The topological polar surface area (TPSA) is 113 Å². The number of imide groups is 1. The number of β-lactam (4-membered cyclic amide) rings is 1. The van der Waals surface area contributed by atoms with Crippen molar-refractivity contribution in [2.75, 3.05) is 0 Å². The lowest BCUT2D eigenvalue weighted by molar-refractivity contribution is -0.182. The van der Waals surface area contributed by atoms with Crippen LogP contribution in [0.4, 0.5) is 4.79 Å². The second-order valence-corrected chi connectivity index (χ2v) is 8.72. The van der Waals surface area contributed by atoms with Gasteiger partial charge in [0.2, 0.25) is 5.91 Å². The molecule has 0 aliphatic carbocycles. The highest BCUT2D eigenvalue weighted by atomic mass is 16.5. The van der Waals surface area contributed by atoms with E-state index < -0.39 is 35.6 Å². The van der Waals surface area contributed by atoms with Crippen molar-refractivity contribution in [1.29, 1.82) is 0 Å². The highest BCUT2D eigenvalue weighted by Gasteiger charge is 2.59. The summed E-state index contributed by atoms with van der Waals surface area (Å²) in [6.45, 7) is 7.12. The second-order valence-electron chi connectivity index (χ2n) is 8.72. The van der Waals surface area contributed by atoms with Gasteiger partial charge < -0.3 is 15.2 Å². The first-order valence-electron chi connectivity index (χ1n) is 10.8. The van der Waals surface area contributed by atoms with Crippen LogP contribution >= 0.6 is 0 Å². The van der Waals surface area contributed by atoms with Crippen molar-refractivity contribution in [3.05, 3.63) is 65.2 Å². The third-order valence-corrected chi connectivity index (χ3v) is 5.68. The minimum Gasteiger partial charge on any atom is -0.478 e. The quantitative estimate of drug-likeness (QED) is 0.462. The van der Waals surface area contributed by atoms with E-state index in [2.05, 4.69) is 5.32 Å². The standard InChI is InChI=1S/C25H28N2O6/c1-5-7-19(20(28)17-9-6-8-15(2)14-17)26-24(32)27-22(31)25(3,4)23(27)33-18-12-10-16(11-13-18)21(29)30/h6,8-14,19,23H,5,7H2,1-4H3,(H,26,32)(H,29,30). The molecule has 1 fully saturated rings. The summed E-state index contributed by atoms with van der Waals surface area (Å²) in [6.07, 6.45) is 0.182. The maximum atomic E-state index is 13.0. The van der Waals surface area contributed by atoms with Gasteiger partial charge in [-0.15, -0.1) is 0 Å². The molecule has 8 heteroatoms. The van der Waals surface area contributed by atoms with Crippen LogP contribution in [0.1, 0.15) is 59.9 Å². The summed E-state index contributed by atoms with van der Waals surface area (Å²) in [5.41, 5.74) is 0.557. The van der Waals surface area contributed by atoms with Crippen molar-refractivity contribution < 1.29 is 29.0 Å². The molecule has 33 heavy (non-hydrogen) atoms. The number of likely N-dealkylation sites (tertiary alicyclic amines) is 1. The molecule has 8 nitrogen and oxygen atoms in total. The fourth-order valence-electron chi connectivity index (χ4n) is 3.76. The molecule has 2 N–H and O–H groups in total. The van der Waals surface area contributed by atoms with Crippen molar-refractivity contribution in [3.63, 3.8) is 0 Å². The Kier molecular flexibility index (Phi) is 6.86. The molecule has 0 bridgehead atoms. The molecule has 2 unspecified atom stereocenters. The number of carboxylic acids is 1. The van der Waals surface area contributed by atoms with Crippen LogP contribution < -0.4 is 10.1 Å². The molecule has 1 heterocycles. The molecule has 2 aromatic rings. The molecule has 0 spiro atoms. The molecule has 0 aromatic heterocycles. The number of aromatic carboxylic acids is 1. The molecule has 0 saturated carbocycles. The van der Waals surface area contributed by atoms with Crippen molar-refractivity contribution in [2.45, 2.75) is 52.8 Å². The van der Waals surface area contributed by atoms with Crippen LogP contribution in [0, 0.1) is 12.3 Å². The number of carbonyl (C=O) groups is 4. The van der Waals surface area contributed by atoms with E-state index in [0.29, 0.717) is 24.2 Å². The number of ether oxygens (including phenoxy) is 1. The highest BCUT2D eigenvalue weighted by molar-refractivity contribution is 6.06. The van der Waals surface area contributed by atoms with E-state index in [1.54, 1.807) is 32.0 Å². The molecule has 3 rings (SSSR count). The largest absolute Gasteiger partial charge is 0.478 e. The molecule has 174 valence electrons. The highest BCUT2D eigenvalue weighted by Crippen LogP contribution is 2.40. The van der Waals surface area contributed by atoms with Gasteiger partial charge in [-0.1, -0.05) is 37.1 Å². The maximum absolute atomic E-state index is 13.0. The number of aryl methyl sites for hydroxylation is 1. The Bertz CT molecular complexity index is 1080. The number of hydrogen-bond acceptors (Lipinski definition) is 5. The summed E-state index contributed by atoms with van der Waals surface area (Å²) in [4.78, 5) is 50.8. The first kappa shape index (κ1) is 24.0. The van der Waals surface area contributed by atoms with Gasteiger partial charge in [0.1, 0.15) is 11.2 Å². The van der Waals surface area contributed by atoms with Crippen LogP contribution in [0.3, 0.4) is 0 Å². The zero-order valence-electron chi connectivity index (χ0n) is 19.1. The minimum atomic E-state index is -1.07. The van der Waals surface area contributed by atoms with Crippen molar-refractivity contribution in [2.24, 2.45) is 5.41 Å². The van der Waals surface area contributed by atoms with Crippen molar-refractivity contribution in [1.82, 2.24) is 10.2 Å². The van der Waals surface area contributed by atoms with Gasteiger partial charge in [-0.2, -0.15) is 0 Å². The monoisotopic (exact) mass is 452 g/mol. The molecule has 0 radical (unpaired) electrons. The van der Waals surface area contributed by atoms with E-state index in [0.717, 1.165) is 10.5 Å². The summed E-state index contributed by atoms with van der Waals surface area (Å²) < 4.78 is 5.87. The number of carbonyl (C=O) groups excluding carboxylic acids is 3. The lowest BCUT2D eigenvalue weighted by Gasteiger charge is -2.50. The fraction of sp³-hybridized carbons (Fsp3) is 0.360. The van der Waals surface area contributed by atoms with Gasteiger partial charge in [-0.3, -0.25) is 9.59 Å². The van der Waals surface area contributed by atoms with Gasteiger partial charge in [-0.05, 0) is 57.5 Å². The summed E-state index contributed by atoms with van der Waals surface area (Å²) in [6, 6.07) is 11.4. The number of ketones is 1. The maximum Gasteiger partial charge on any atom is 0.335 e. The van der Waals surface area contributed by atoms with Gasteiger partial charge in [0, 0.05) is 5.56 Å². The van der Waals surface area contributed by atoms with E-state index in [1.807, 2.05) is 19.9 Å². The number of carboxylic acid groups (broad SMARTS) is 1.